The molecule has 0 aliphatic carbocycles. The average molecular weight is 314 g/mol. The van der Waals surface area contributed by atoms with Gasteiger partial charge in [0.2, 0.25) is 11.8 Å². The van der Waals surface area contributed by atoms with Crippen molar-refractivity contribution in [3.8, 4) is 0 Å². The average Bonchev–Trinajstić information content (AvgIpc) is 2.56. The number of fused-ring (bicyclic) bond motifs is 1. The minimum absolute atomic E-state index is 0.0729. The minimum Gasteiger partial charge on any atom is -0.350 e. The van der Waals surface area contributed by atoms with Crippen LogP contribution in [0.25, 0.3) is 10.8 Å². The topological polar surface area (TPSA) is 78.4 Å². The van der Waals surface area contributed by atoms with E-state index in [1.54, 1.807) is 5.48 Å². The summed E-state index contributed by atoms with van der Waals surface area (Å²) in [5, 5.41) is 13.8. The van der Waals surface area contributed by atoms with Crippen LogP contribution in [0, 0.1) is 0 Å². The van der Waals surface area contributed by atoms with E-state index in [2.05, 4.69) is 29.6 Å². The van der Waals surface area contributed by atoms with E-state index < -0.39 is 0 Å². The lowest BCUT2D eigenvalue weighted by Crippen LogP contribution is -2.26. The van der Waals surface area contributed by atoms with E-state index in [-0.39, 0.29) is 24.3 Å². The Bertz CT molecular complexity index is 685. The number of carbonyl (C=O) groups excluding carboxylic acids is 2. The molecule has 0 saturated carbocycles. The number of benzene rings is 2. The van der Waals surface area contributed by atoms with Gasteiger partial charge in [0.25, 0.3) is 0 Å². The molecule has 0 fully saturated rings. The van der Waals surface area contributed by atoms with Crippen molar-refractivity contribution < 1.29 is 14.8 Å². The lowest BCUT2D eigenvalue weighted by Gasteiger charge is -2.19. The molecule has 1 atom stereocenters. The lowest BCUT2D eigenvalue weighted by atomic mass is 9.97. The SMILES string of the molecule is CC(=O)NC(CCCCC(=O)NO)c1ccc2ccccc2c1. The Morgan fingerprint density at radius 1 is 1.09 bits per heavy atom. The zero-order valence-corrected chi connectivity index (χ0v) is 13.2. The highest BCUT2D eigenvalue weighted by molar-refractivity contribution is 5.83. The van der Waals surface area contributed by atoms with Crippen molar-refractivity contribution in [3.63, 3.8) is 0 Å². The fraction of sp³-hybridized carbons (Fsp3) is 0.333. The normalized spacial score (nSPS) is 11.9. The van der Waals surface area contributed by atoms with E-state index >= 15 is 0 Å². The molecular formula is C18H22N2O3. The van der Waals surface area contributed by atoms with Gasteiger partial charge >= 0.3 is 0 Å². The Balaban J connectivity index is 2.06. The van der Waals surface area contributed by atoms with Crippen molar-refractivity contribution in [2.75, 3.05) is 0 Å². The molecule has 0 aromatic heterocycles. The summed E-state index contributed by atoms with van der Waals surface area (Å²) in [6.07, 6.45) is 2.47. The van der Waals surface area contributed by atoms with E-state index in [1.165, 1.54) is 6.92 Å². The Labute approximate surface area is 135 Å². The molecule has 1 unspecified atom stereocenters. The molecule has 0 aliphatic heterocycles. The quantitative estimate of drug-likeness (QED) is 0.417. The first-order valence-corrected chi connectivity index (χ1v) is 7.79. The van der Waals surface area contributed by atoms with Crippen LogP contribution in [0.5, 0.6) is 0 Å². The maximum atomic E-state index is 11.5. The zero-order chi connectivity index (χ0) is 16.7. The third kappa shape index (κ3) is 5.07. The molecule has 2 aromatic rings. The summed E-state index contributed by atoms with van der Waals surface area (Å²) in [6, 6.07) is 14.2. The number of amides is 2. The first kappa shape index (κ1) is 17.0. The smallest absolute Gasteiger partial charge is 0.243 e. The Hall–Kier alpha value is -2.40. The Morgan fingerprint density at radius 3 is 2.52 bits per heavy atom. The fourth-order valence-electron chi connectivity index (χ4n) is 2.68. The van der Waals surface area contributed by atoms with Crippen LogP contribution in [0.4, 0.5) is 0 Å². The third-order valence-electron chi connectivity index (χ3n) is 3.82. The molecule has 3 N–H and O–H groups in total. The van der Waals surface area contributed by atoms with E-state index in [9.17, 15) is 9.59 Å². The summed E-state index contributed by atoms with van der Waals surface area (Å²) in [5.74, 6) is -0.456. The summed E-state index contributed by atoms with van der Waals surface area (Å²) < 4.78 is 0. The molecule has 2 aromatic carbocycles. The van der Waals surface area contributed by atoms with Crippen molar-refractivity contribution in [2.24, 2.45) is 0 Å². The van der Waals surface area contributed by atoms with Gasteiger partial charge in [0.05, 0.1) is 6.04 Å². The van der Waals surface area contributed by atoms with Crippen LogP contribution in [-0.4, -0.2) is 17.0 Å². The van der Waals surface area contributed by atoms with Crippen LogP contribution in [0.15, 0.2) is 42.5 Å². The number of hydrogen-bond acceptors (Lipinski definition) is 3. The lowest BCUT2D eigenvalue weighted by molar-refractivity contribution is -0.129. The molecule has 23 heavy (non-hydrogen) atoms. The van der Waals surface area contributed by atoms with Crippen LogP contribution in [0.2, 0.25) is 0 Å². The van der Waals surface area contributed by atoms with Crippen molar-refractivity contribution in [1.29, 1.82) is 0 Å². The van der Waals surface area contributed by atoms with Crippen molar-refractivity contribution in [3.05, 3.63) is 48.0 Å². The molecule has 0 bridgehead atoms. The number of unbranched alkanes of at least 4 members (excludes halogenated alkanes) is 1. The molecule has 5 heteroatoms. The number of carbonyl (C=O) groups is 2. The van der Waals surface area contributed by atoms with Gasteiger partial charge in [0.15, 0.2) is 0 Å². The highest BCUT2D eigenvalue weighted by atomic mass is 16.5. The highest BCUT2D eigenvalue weighted by Crippen LogP contribution is 2.24. The fourth-order valence-corrected chi connectivity index (χ4v) is 2.68. The van der Waals surface area contributed by atoms with Crippen LogP contribution in [0.1, 0.15) is 44.2 Å². The second-order valence-electron chi connectivity index (χ2n) is 5.64. The second kappa shape index (κ2) is 8.29. The van der Waals surface area contributed by atoms with E-state index in [0.29, 0.717) is 6.42 Å². The predicted octanol–water partition coefficient (Wildman–Crippen LogP) is 3.08. The van der Waals surface area contributed by atoms with Gasteiger partial charge in [0, 0.05) is 13.3 Å². The molecule has 122 valence electrons. The van der Waals surface area contributed by atoms with E-state index in [0.717, 1.165) is 29.2 Å². The van der Waals surface area contributed by atoms with Gasteiger partial charge in [-0.05, 0) is 35.2 Å². The standard InChI is InChI=1S/C18H22N2O3/c1-13(21)19-17(8-4-5-9-18(22)20-23)16-11-10-14-6-2-3-7-15(14)12-16/h2-3,6-7,10-12,17,23H,4-5,8-9H2,1H3,(H,19,21)(H,20,22). The molecule has 0 spiro atoms. The Kier molecular flexibility index (Phi) is 6.11. The van der Waals surface area contributed by atoms with Crippen molar-refractivity contribution >= 4 is 22.6 Å². The number of nitrogens with one attached hydrogen (secondary N) is 2. The molecule has 0 saturated heterocycles. The maximum absolute atomic E-state index is 11.5. The monoisotopic (exact) mass is 314 g/mol. The van der Waals surface area contributed by atoms with Gasteiger partial charge in [-0.3, -0.25) is 14.8 Å². The summed E-state index contributed by atoms with van der Waals surface area (Å²) in [5.41, 5.74) is 2.69. The summed E-state index contributed by atoms with van der Waals surface area (Å²) in [7, 11) is 0. The van der Waals surface area contributed by atoms with Gasteiger partial charge < -0.3 is 5.32 Å². The highest BCUT2D eigenvalue weighted by Gasteiger charge is 2.13. The second-order valence-corrected chi connectivity index (χ2v) is 5.64. The number of hydrogen-bond donors (Lipinski definition) is 3. The zero-order valence-electron chi connectivity index (χ0n) is 13.2. The van der Waals surface area contributed by atoms with Crippen LogP contribution < -0.4 is 10.8 Å². The molecule has 0 radical (unpaired) electrons. The molecule has 0 heterocycles. The van der Waals surface area contributed by atoms with Gasteiger partial charge in [-0.15, -0.1) is 0 Å². The summed E-state index contributed by atoms with van der Waals surface area (Å²) in [6.45, 7) is 1.51. The van der Waals surface area contributed by atoms with Crippen LogP contribution in [-0.2, 0) is 9.59 Å². The van der Waals surface area contributed by atoms with Crippen LogP contribution >= 0.6 is 0 Å². The Morgan fingerprint density at radius 2 is 1.83 bits per heavy atom. The predicted molar refractivity (Wildman–Crippen MR) is 88.9 cm³/mol. The van der Waals surface area contributed by atoms with Crippen molar-refractivity contribution in [2.45, 2.75) is 38.6 Å². The number of hydroxylamine groups is 1. The van der Waals surface area contributed by atoms with Gasteiger partial charge in [-0.1, -0.05) is 42.8 Å². The van der Waals surface area contributed by atoms with E-state index in [1.807, 2.05) is 18.2 Å². The molecule has 0 aliphatic rings. The number of rotatable bonds is 7. The molecular weight excluding hydrogens is 292 g/mol. The first-order valence-electron chi connectivity index (χ1n) is 7.79. The summed E-state index contributed by atoms with van der Waals surface area (Å²) >= 11 is 0. The molecule has 2 amide bonds. The third-order valence-corrected chi connectivity index (χ3v) is 3.82. The maximum Gasteiger partial charge on any atom is 0.243 e. The summed E-state index contributed by atoms with van der Waals surface area (Å²) in [4.78, 5) is 22.5. The van der Waals surface area contributed by atoms with Crippen molar-refractivity contribution in [1.82, 2.24) is 10.8 Å². The molecule has 5 nitrogen and oxygen atoms in total. The van der Waals surface area contributed by atoms with Gasteiger partial charge in [-0.25, -0.2) is 5.48 Å². The van der Waals surface area contributed by atoms with Gasteiger partial charge in [0.1, 0.15) is 0 Å². The van der Waals surface area contributed by atoms with Gasteiger partial charge in [-0.2, -0.15) is 0 Å². The molecule has 2 rings (SSSR count). The minimum atomic E-state index is -0.383. The van der Waals surface area contributed by atoms with E-state index in [4.69, 9.17) is 5.21 Å². The first-order chi connectivity index (χ1) is 11.1. The largest absolute Gasteiger partial charge is 0.350 e. The van der Waals surface area contributed by atoms with Crippen LogP contribution in [0.3, 0.4) is 0 Å².